The Hall–Kier alpha value is -4.43. The Labute approximate surface area is 199 Å². The highest BCUT2D eigenvalue weighted by atomic mass is 35.5. The van der Waals surface area contributed by atoms with Crippen molar-refractivity contribution >= 4 is 46.2 Å². The number of carbonyl (C=O) groups is 2. The zero-order chi connectivity index (χ0) is 24.1. The van der Waals surface area contributed by atoms with Crippen LogP contribution in [0.4, 0.5) is 5.69 Å². The molecule has 4 rings (SSSR count). The lowest BCUT2D eigenvalue weighted by molar-refractivity contribution is 0.0954. The van der Waals surface area contributed by atoms with E-state index in [1.165, 1.54) is 31.5 Å². The molecule has 0 aliphatic carbocycles. The summed E-state index contributed by atoms with van der Waals surface area (Å²) < 4.78 is 5.39. The zero-order valence-corrected chi connectivity index (χ0v) is 18.7. The van der Waals surface area contributed by atoms with Gasteiger partial charge >= 0.3 is 0 Å². The third-order valence-electron chi connectivity index (χ3n) is 4.89. The standard InChI is InChI=1S/C25H19ClN4O4/c1-34-23-12-15(14-27-30-24(32)17-8-11-22(31)18(26)13-17)6-9-20(23)29-25(33)21-10-7-16-4-2-3-5-19(16)28-21/h2-14,31H,1H3,(H,29,33)(H,30,32)/b27-14+. The van der Waals surface area contributed by atoms with Gasteiger partial charge < -0.3 is 15.2 Å². The predicted octanol–water partition coefficient (Wildman–Crippen LogP) is 4.62. The van der Waals surface area contributed by atoms with Crippen LogP contribution in [-0.2, 0) is 0 Å². The predicted molar refractivity (Wildman–Crippen MR) is 131 cm³/mol. The molecule has 0 aliphatic rings. The number of phenolic OH excluding ortho intramolecular Hbond substituents is 1. The van der Waals surface area contributed by atoms with Crippen molar-refractivity contribution in [3.05, 3.63) is 94.6 Å². The number of halogens is 1. The molecule has 0 unspecified atom stereocenters. The van der Waals surface area contributed by atoms with Gasteiger partial charge in [-0.05, 0) is 48.0 Å². The first-order valence-corrected chi connectivity index (χ1v) is 10.5. The quantitative estimate of drug-likeness (QED) is 0.279. The molecular formula is C25H19ClN4O4. The van der Waals surface area contributed by atoms with Gasteiger partial charge in [-0.1, -0.05) is 41.9 Å². The van der Waals surface area contributed by atoms with Gasteiger partial charge in [0.25, 0.3) is 11.8 Å². The number of pyridine rings is 1. The number of hydrogen-bond acceptors (Lipinski definition) is 6. The smallest absolute Gasteiger partial charge is 0.274 e. The number of nitrogens with zero attached hydrogens (tertiary/aromatic N) is 2. The fraction of sp³-hybridized carbons (Fsp3) is 0.0400. The second-order valence-corrected chi connectivity index (χ2v) is 7.58. The highest BCUT2D eigenvalue weighted by Gasteiger charge is 2.12. The monoisotopic (exact) mass is 474 g/mol. The van der Waals surface area contributed by atoms with Gasteiger partial charge in [-0.3, -0.25) is 9.59 Å². The van der Waals surface area contributed by atoms with E-state index in [4.69, 9.17) is 16.3 Å². The minimum Gasteiger partial charge on any atom is -0.506 e. The Balaban J connectivity index is 1.44. The minimum atomic E-state index is -0.489. The van der Waals surface area contributed by atoms with Crippen LogP contribution < -0.4 is 15.5 Å². The number of aromatic nitrogens is 1. The largest absolute Gasteiger partial charge is 0.506 e. The number of ether oxygens (including phenoxy) is 1. The zero-order valence-electron chi connectivity index (χ0n) is 17.9. The Morgan fingerprint density at radius 2 is 1.85 bits per heavy atom. The SMILES string of the molecule is COc1cc(/C=N/NC(=O)c2ccc(O)c(Cl)c2)ccc1NC(=O)c1ccc2ccccc2n1. The van der Waals surface area contributed by atoms with Crippen LogP contribution in [-0.4, -0.2) is 35.2 Å². The van der Waals surface area contributed by atoms with Crippen molar-refractivity contribution in [2.75, 3.05) is 12.4 Å². The number of carbonyl (C=O) groups excluding carboxylic acids is 2. The van der Waals surface area contributed by atoms with Crippen molar-refractivity contribution in [2.24, 2.45) is 5.10 Å². The lowest BCUT2D eigenvalue weighted by Gasteiger charge is -2.11. The van der Waals surface area contributed by atoms with Gasteiger partial charge in [0, 0.05) is 10.9 Å². The molecule has 8 nitrogen and oxygen atoms in total. The van der Waals surface area contributed by atoms with E-state index >= 15 is 0 Å². The fourth-order valence-electron chi connectivity index (χ4n) is 3.15. The van der Waals surface area contributed by atoms with Crippen LogP contribution in [0.5, 0.6) is 11.5 Å². The molecule has 0 fully saturated rings. The molecule has 0 saturated heterocycles. The molecule has 0 radical (unpaired) electrons. The van der Waals surface area contributed by atoms with E-state index in [0.29, 0.717) is 17.0 Å². The minimum absolute atomic E-state index is 0.0675. The van der Waals surface area contributed by atoms with Crippen LogP contribution >= 0.6 is 11.6 Å². The lowest BCUT2D eigenvalue weighted by atomic mass is 10.2. The highest BCUT2D eigenvalue weighted by Crippen LogP contribution is 2.26. The third kappa shape index (κ3) is 5.13. The Kier molecular flexibility index (Phi) is 6.70. The average molecular weight is 475 g/mol. The first-order valence-electron chi connectivity index (χ1n) is 10.1. The second-order valence-electron chi connectivity index (χ2n) is 7.17. The summed E-state index contributed by atoms with van der Waals surface area (Å²) in [5.74, 6) is -0.561. The van der Waals surface area contributed by atoms with E-state index in [0.717, 1.165) is 10.9 Å². The first kappa shape index (κ1) is 22.8. The molecule has 170 valence electrons. The van der Waals surface area contributed by atoms with Crippen molar-refractivity contribution < 1.29 is 19.4 Å². The lowest BCUT2D eigenvalue weighted by Crippen LogP contribution is -2.17. The van der Waals surface area contributed by atoms with Crippen molar-refractivity contribution in [1.82, 2.24) is 10.4 Å². The Bertz CT molecular complexity index is 1420. The van der Waals surface area contributed by atoms with E-state index < -0.39 is 5.91 Å². The molecule has 1 heterocycles. The van der Waals surface area contributed by atoms with Crippen LogP contribution in [0.3, 0.4) is 0 Å². The van der Waals surface area contributed by atoms with Crippen LogP contribution in [0.25, 0.3) is 10.9 Å². The maximum atomic E-state index is 12.7. The molecule has 0 saturated carbocycles. The Morgan fingerprint density at radius 1 is 1.03 bits per heavy atom. The van der Waals surface area contributed by atoms with Crippen molar-refractivity contribution in [3.8, 4) is 11.5 Å². The maximum Gasteiger partial charge on any atom is 0.274 e. The van der Waals surface area contributed by atoms with Crippen LogP contribution in [0, 0.1) is 0 Å². The second kappa shape index (κ2) is 10.0. The summed E-state index contributed by atoms with van der Waals surface area (Å²) in [4.78, 5) is 29.3. The molecule has 34 heavy (non-hydrogen) atoms. The number of phenols is 1. The number of rotatable bonds is 6. The van der Waals surface area contributed by atoms with Gasteiger partial charge in [0.05, 0.1) is 29.6 Å². The summed E-state index contributed by atoms with van der Waals surface area (Å²) in [6, 6.07) is 20.2. The fourth-order valence-corrected chi connectivity index (χ4v) is 3.33. The average Bonchev–Trinajstić information content (AvgIpc) is 2.86. The van der Waals surface area contributed by atoms with Gasteiger partial charge in [0.1, 0.15) is 17.2 Å². The normalized spacial score (nSPS) is 10.9. The van der Waals surface area contributed by atoms with E-state index in [-0.39, 0.29) is 27.9 Å². The highest BCUT2D eigenvalue weighted by molar-refractivity contribution is 6.32. The van der Waals surface area contributed by atoms with Gasteiger partial charge in [0.15, 0.2) is 0 Å². The summed E-state index contributed by atoms with van der Waals surface area (Å²) in [5, 5.41) is 17.2. The van der Waals surface area contributed by atoms with Gasteiger partial charge in [-0.2, -0.15) is 5.10 Å². The van der Waals surface area contributed by atoms with Crippen LogP contribution in [0.15, 0.2) is 77.9 Å². The summed E-state index contributed by atoms with van der Waals surface area (Å²) in [6.45, 7) is 0. The molecular weight excluding hydrogens is 456 g/mol. The van der Waals surface area contributed by atoms with E-state index in [9.17, 15) is 14.7 Å². The van der Waals surface area contributed by atoms with E-state index in [1.807, 2.05) is 30.3 Å². The molecule has 9 heteroatoms. The molecule has 1 aromatic heterocycles. The molecule has 3 N–H and O–H groups in total. The molecule has 4 aromatic rings. The summed E-state index contributed by atoms with van der Waals surface area (Å²) in [6.07, 6.45) is 1.43. The topological polar surface area (TPSA) is 113 Å². The summed E-state index contributed by atoms with van der Waals surface area (Å²) >= 11 is 5.82. The number of hydrogen-bond donors (Lipinski definition) is 3. The number of hydrazone groups is 1. The van der Waals surface area contributed by atoms with Crippen molar-refractivity contribution in [2.45, 2.75) is 0 Å². The number of nitrogens with one attached hydrogen (secondary N) is 2. The van der Waals surface area contributed by atoms with Gasteiger partial charge in [-0.25, -0.2) is 10.4 Å². The molecule has 2 amide bonds. The number of benzene rings is 3. The number of amides is 2. The van der Waals surface area contributed by atoms with Gasteiger partial charge in [-0.15, -0.1) is 0 Å². The first-order chi connectivity index (χ1) is 16.4. The number of aromatic hydroxyl groups is 1. The number of methoxy groups -OCH3 is 1. The van der Waals surface area contributed by atoms with Crippen molar-refractivity contribution in [1.29, 1.82) is 0 Å². The molecule has 0 atom stereocenters. The Morgan fingerprint density at radius 3 is 2.65 bits per heavy atom. The van der Waals surface area contributed by atoms with E-state index in [1.54, 1.807) is 24.3 Å². The molecule has 3 aromatic carbocycles. The molecule has 0 spiro atoms. The molecule has 0 aliphatic heterocycles. The van der Waals surface area contributed by atoms with Crippen LogP contribution in [0.1, 0.15) is 26.4 Å². The maximum absolute atomic E-state index is 12.7. The number of fused-ring (bicyclic) bond motifs is 1. The van der Waals surface area contributed by atoms with Gasteiger partial charge in [0.2, 0.25) is 0 Å². The molecule has 0 bridgehead atoms. The summed E-state index contributed by atoms with van der Waals surface area (Å²) in [5.41, 5.74) is 4.73. The van der Waals surface area contributed by atoms with E-state index in [2.05, 4.69) is 20.8 Å². The summed E-state index contributed by atoms with van der Waals surface area (Å²) in [7, 11) is 1.48. The number of para-hydroxylation sites is 1. The van der Waals surface area contributed by atoms with Crippen LogP contribution in [0.2, 0.25) is 5.02 Å². The van der Waals surface area contributed by atoms with Crippen molar-refractivity contribution in [3.63, 3.8) is 0 Å². The third-order valence-corrected chi connectivity index (χ3v) is 5.20. The number of anilines is 1.